The maximum atomic E-state index is 12.9. The first-order valence-electron chi connectivity index (χ1n) is 10.2. The first kappa shape index (κ1) is 17.9. The molecule has 3 heterocycles. The topological polar surface area (TPSA) is 36.4 Å². The molecule has 26 heavy (non-hydrogen) atoms. The molecule has 2 saturated heterocycles. The van der Waals surface area contributed by atoms with Crippen molar-refractivity contribution in [2.75, 3.05) is 26.2 Å². The molecule has 2 aliphatic heterocycles. The Morgan fingerprint density at radius 2 is 1.73 bits per heavy atom. The number of piperidine rings is 1. The summed E-state index contributed by atoms with van der Waals surface area (Å²) in [5.41, 5.74) is 1.09. The minimum Gasteiger partial charge on any atom is -0.342 e. The van der Waals surface area contributed by atoms with Crippen molar-refractivity contribution in [2.45, 2.75) is 57.4 Å². The largest absolute Gasteiger partial charge is 0.342 e. The van der Waals surface area contributed by atoms with Crippen LogP contribution in [0.25, 0.3) is 10.2 Å². The molecular formula is C21H29N3OS. The Balaban J connectivity index is 1.47. The van der Waals surface area contributed by atoms with Gasteiger partial charge in [-0.3, -0.25) is 9.69 Å². The third kappa shape index (κ3) is 4.09. The maximum Gasteiger partial charge on any atom is 0.236 e. The van der Waals surface area contributed by atoms with Gasteiger partial charge in [0.2, 0.25) is 5.91 Å². The van der Waals surface area contributed by atoms with Gasteiger partial charge in [-0.2, -0.15) is 0 Å². The van der Waals surface area contributed by atoms with Crippen LogP contribution >= 0.6 is 11.3 Å². The second-order valence-electron chi connectivity index (χ2n) is 7.65. The van der Waals surface area contributed by atoms with E-state index in [1.165, 1.54) is 41.8 Å². The number of carbonyl (C=O) groups excluding carboxylic acids is 1. The molecule has 0 radical (unpaired) electrons. The minimum atomic E-state index is 0.305. The molecule has 2 aliphatic rings. The smallest absolute Gasteiger partial charge is 0.236 e. The van der Waals surface area contributed by atoms with Crippen LogP contribution in [0.4, 0.5) is 0 Å². The van der Waals surface area contributed by atoms with Crippen molar-refractivity contribution in [1.29, 1.82) is 0 Å². The number of amides is 1. The summed E-state index contributed by atoms with van der Waals surface area (Å²) in [6, 6.07) is 8.67. The first-order chi connectivity index (χ1) is 12.8. The van der Waals surface area contributed by atoms with Gasteiger partial charge in [-0.25, -0.2) is 4.98 Å². The Hall–Kier alpha value is -1.46. The average molecular weight is 372 g/mol. The summed E-state index contributed by atoms with van der Waals surface area (Å²) >= 11 is 1.80. The molecule has 4 rings (SSSR count). The number of aromatic nitrogens is 1. The lowest BCUT2D eigenvalue weighted by atomic mass is 10.0. The van der Waals surface area contributed by atoms with Gasteiger partial charge in [0.25, 0.3) is 0 Å². The number of nitrogens with zero attached hydrogens (tertiary/aromatic N) is 3. The molecule has 5 heteroatoms. The van der Waals surface area contributed by atoms with Crippen LogP contribution in [-0.2, 0) is 4.79 Å². The predicted octanol–water partition coefficient (Wildman–Crippen LogP) is 4.62. The van der Waals surface area contributed by atoms with Crippen molar-refractivity contribution in [2.24, 2.45) is 0 Å². The normalized spacial score (nSPS) is 22.9. The second kappa shape index (κ2) is 8.49. The number of fused-ring (bicyclic) bond motifs is 1. The minimum absolute atomic E-state index is 0.305. The van der Waals surface area contributed by atoms with E-state index in [1.807, 2.05) is 0 Å². The highest BCUT2D eigenvalue weighted by molar-refractivity contribution is 7.18. The average Bonchev–Trinajstić information content (AvgIpc) is 3.05. The highest BCUT2D eigenvalue weighted by Gasteiger charge is 2.29. The van der Waals surface area contributed by atoms with E-state index in [4.69, 9.17) is 4.98 Å². The SMILES string of the molecule is O=C(CN1CCCC[C@@H]1c1nc2ccccc2s1)N1CCCCCCC1. The fraction of sp³-hybridized carbons (Fsp3) is 0.619. The number of carbonyl (C=O) groups is 1. The van der Waals surface area contributed by atoms with Gasteiger partial charge in [0.1, 0.15) is 5.01 Å². The van der Waals surface area contributed by atoms with E-state index in [9.17, 15) is 4.79 Å². The predicted molar refractivity (Wildman–Crippen MR) is 107 cm³/mol. The third-order valence-electron chi connectivity index (χ3n) is 5.76. The van der Waals surface area contributed by atoms with Gasteiger partial charge in [-0.15, -0.1) is 11.3 Å². The van der Waals surface area contributed by atoms with Crippen molar-refractivity contribution in [3.63, 3.8) is 0 Å². The van der Waals surface area contributed by atoms with Crippen LogP contribution in [0.5, 0.6) is 0 Å². The summed E-state index contributed by atoms with van der Waals surface area (Å²) in [5, 5.41) is 1.19. The van der Waals surface area contributed by atoms with Crippen LogP contribution in [0.1, 0.15) is 62.4 Å². The zero-order valence-electron chi connectivity index (χ0n) is 15.5. The number of likely N-dealkylation sites (tertiary alicyclic amines) is 2. The molecular weight excluding hydrogens is 342 g/mol. The monoisotopic (exact) mass is 371 g/mol. The summed E-state index contributed by atoms with van der Waals surface area (Å²) in [4.78, 5) is 22.3. The van der Waals surface area contributed by atoms with E-state index in [1.54, 1.807) is 11.3 Å². The number of rotatable bonds is 3. The van der Waals surface area contributed by atoms with E-state index >= 15 is 0 Å². The highest BCUT2D eigenvalue weighted by Crippen LogP contribution is 2.35. The Morgan fingerprint density at radius 1 is 1.00 bits per heavy atom. The van der Waals surface area contributed by atoms with Crippen LogP contribution in [-0.4, -0.2) is 46.9 Å². The molecule has 1 amide bonds. The van der Waals surface area contributed by atoms with Crippen molar-refractivity contribution >= 4 is 27.5 Å². The lowest BCUT2D eigenvalue weighted by Gasteiger charge is -2.35. The van der Waals surface area contributed by atoms with Gasteiger partial charge < -0.3 is 4.90 Å². The molecule has 0 saturated carbocycles. The van der Waals surface area contributed by atoms with Gasteiger partial charge in [0, 0.05) is 13.1 Å². The molecule has 0 bridgehead atoms. The molecule has 140 valence electrons. The highest BCUT2D eigenvalue weighted by atomic mass is 32.1. The molecule has 1 aromatic carbocycles. The zero-order valence-corrected chi connectivity index (χ0v) is 16.3. The van der Waals surface area contributed by atoms with Crippen LogP contribution in [0, 0.1) is 0 Å². The fourth-order valence-electron chi connectivity index (χ4n) is 4.26. The van der Waals surface area contributed by atoms with Crippen LogP contribution in [0.3, 0.4) is 0 Å². The van der Waals surface area contributed by atoms with Crippen molar-refractivity contribution in [1.82, 2.24) is 14.8 Å². The Morgan fingerprint density at radius 3 is 2.54 bits per heavy atom. The number of thiazole rings is 1. The molecule has 2 aromatic rings. The number of benzene rings is 1. The van der Waals surface area contributed by atoms with Gasteiger partial charge in [-0.1, -0.05) is 37.8 Å². The number of para-hydroxylation sites is 1. The van der Waals surface area contributed by atoms with Gasteiger partial charge in [0.05, 0.1) is 22.8 Å². The number of hydrogen-bond donors (Lipinski definition) is 0. The van der Waals surface area contributed by atoms with Crippen molar-refractivity contribution in [3.8, 4) is 0 Å². The summed E-state index contributed by atoms with van der Waals surface area (Å²) in [7, 11) is 0. The van der Waals surface area contributed by atoms with Crippen LogP contribution in [0.15, 0.2) is 24.3 Å². The fourth-order valence-corrected chi connectivity index (χ4v) is 5.40. The van der Waals surface area contributed by atoms with Gasteiger partial charge in [-0.05, 0) is 44.4 Å². The quantitative estimate of drug-likeness (QED) is 0.790. The van der Waals surface area contributed by atoms with Gasteiger partial charge in [0.15, 0.2) is 0 Å². The van der Waals surface area contributed by atoms with Crippen molar-refractivity contribution in [3.05, 3.63) is 29.3 Å². The third-order valence-corrected chi connectivity index (χ3v) is 6.89. The van der Waals surface area contributed by atoms with E-state index in [2.05, 4.69) is 34.1 Å². The van der Waals surface area contributed by atoms with E-state index in [0.717, 1.165) is 44.4 Å². The van der Waals surface area contributed by atoms with Gasteiger partial charge >= 0.3 is 0 Å². The molecule has 0 aliphatic carbocycles. The molecule has 0 N–H and O–H groups in total. The zero-order chi connectivity index (χ0) is 17.8. The standard InChI is InChI=1S/C21H29N3OS/c25-20(23-13-7-2-1-3-8-14-23)16-24-15-9-6-11-18(24)21-22-17-10-4-5-12-19(17)26-21/h4-5,10,12,18H,1-3,6-9,11,13-16H2/t18-/m1/s1. The van der Waals surface area contributed by atoms with E-state index < -0.39 is 0 Å². The van der Waals surface area contributed by atoms with E-state index in [0.29, 0.717) is 18.5 Å². The van der Waals surface area contributed by atoms with E-state index in [-0.39, 0.29) is 0 Å². The molecule has 0 unspecified atom stereocenters. The number of hydrogen-bond acceptors (Lipinski definition) is 4. The molecule has 2 fully saturated rings. The Labute approximate surface area is 160 Å². The molecule has 0 spiro atoms. The molecule has 4 nitrogen and oxygen atoms in total. The molecule has 1 atom stereocenters. The second-order valence-corrected chi connectivity index (χ2v) is 8.71. The summed E-state index contributed by atoms with van der Waals surface area (Å²) in [6.45, 7) is 3.46. The molecule has 1 aromatic heterocycles. The van der Waals surface area contributed by atoms with Crippen LogP contribution < -0.4 is 0 Å². The first-order valence-corrected chi connectivity index (χ1v) is 11.0. The summed E-state index contributed by atoms with van der Waals surface area (Å²) < 4.78 is 1.25. The lowest BCUT2D eigenvalue weighted by molar-refractivity contribution is -0.133. The van der Waals surface area contributed by atoms with Crippen molar-refractivity contribution < 1.29 is 4.79 Å². The Bertz CT molecular complexity index is 703. The Kier molecular flexibility index (Phi) is 5.85. The maximum absolute atomic E-state index is 12.9. The summed E-state index contributed by atoms with van der Waals surface area (Å²) in [6.07, 6.45) is 9.72. The summed E-state index contributed by atoms with van der Waals surface area (Å²) in [5.74, 6) is 0.319. The van der Waals surface area contributed by atoms with Crippen LogP contribution in [0.2, 0.25) is 0 Å². The lowest BCUT2D eigenvalue weighted by Crippen LogP contribution is -2.44.